The Morgan fingerprint density at radius 2 is 1.81 bits per heavy atom. The van der Waals surface area contributed by atoms with Crippen molar-refractivity contribution in [2.45, 2.75) is 27.3 Å². The fraction of sp³-hybridized carbons (Fsp3) is 0.375. The van der Waals surface area contributed by atoms with Gasteiger partial charge < -0.3 is 14.8 Å². The molecule has 0 unspecified atom stereocenters. The third-order valence-corrected chi connectivity index (χ3v) is 2.97. The number of ether oxygens (including phenoxy) is 2. The molecular formula is C16H21N3O2. The van der Waals surface area contributed by atoms with Crippen molar-refractivity contribution in [3.63, 3.8) is 0 Å². The van der Waals surface area contributed by atoms with E-state index in [4.69, 9.17) is 9.47 Å². The first-order valence-electron chi connectivity index (χ1n) is 7.16. The van der Waals surface area contributed by atoms with E-state index in [9.17, 15) is 0 Å². The molecule has 5 nitrogen and oxygen atoms in total. The maximum absolute atomic E-state index is 5.65. The zero-order chi connectivity index (χ0) is 15.1. The van der Waals surface area contributed by atoms with Crippen LogP contribution in [0.5, 0.6) is 17.5 Å². The van der Waals surface area contributed by atoms with Crippen LogP contribution in [-0.2, 0) is 6.54 Å². The molecule has 1 aromatic carbocycles. The van der Waals surface area contributed by atoms with Crippen LogP contribution in [0, 0.1) is 6.92 Å². The van der Waals surface area contributed by atoms with Gasteiger partial charge in [-0.3, -0.25) is 0 Å². The molecule has 1 aromatic heterocycles. The zero-order valence-corrected chi connectivity index (χ0v) is 12.7. The molecular weight excluding hydrogens is 266 g/mol. The first kappa shape index (κ1) is 15.3. The highest BCUT2D eigenvalue weighted by atomic mass is 16.5. The minimum absolute atomic E-state index is 0.358. The van der Waals surface area contributed by atoms with Gasteiger partial charge in [-0.1, -0.05) is 6.92 Å². The van der Waals surface area contributed by atoms with E-state index >= 15 is 0 Å². The summed E-state index contributed by atoms with van der Waals surface area (Å²) in [5.41, 5.74) is 2.00. The summed E-state index contributed by atoms with van der Waals surface area (Å²) in [6, 6.07) is 7.78. The van der Waals surface area contributed by atoms with Crippen molar-refractivity contribution in [2.75, 3.05) is 13.2 Å². The van der Waals surface area contributed by atoms with Crippen LogP contribution in [0.2, 0.25) is 0 Å². The van der Waals surface area contributed by atoms with Crippen molar-refractivity contribution in [1.82, 2.24) is 15.3 Å². The summed E-state index contributed by atoms with van der Waals surface area (Å²) in [6.45, 7) is 8.32. The highest BCUT2D eigenvalue weighted by Crippen LogP contribution is 2.22. The van der Waals surface area contributed by atoms with Gasteiger partial charge in [-0.05, 0) is 44.7 Å². The van der Waals surface area contributed by atoms with Crippen molar-refractivity contribution in [3.05, 3.63) is 41.7 Å². The molecule has 0 aliphatic heterocycles. The molecule has 0 spiro atoms. The third kappa shape index (κ3) is 4.43. The van der Waals surface area contributed by atoms with E-state index in [-0.39, 0.29) is 0 Å². The lowest BCUT2D eigenvalue weighted by molar-refractivity contribution is 0.339. The Hall–Kier alpha value is -2.14. The summed E-state index contributed by atoms with van der Waals surface area (Å²) in [5, 5.41) is 3.26. The van der Waals surface area contributed by atoms with E-state index in [1.54, 1.807) is 6.20 Å². The summed E-state index contributed by atoms with van der Waals surface area (Å²) in [4.78, 5) is 8.62. The molecule has 0 saturated heterocycles. The van der Waals surface area contributed by atoms with Gasteiger partial charge in [-0.15, -0.1) is 0 Å². The van der Waals surface area contributed by atoms with Gasteiger partial charge in [0.25, 0.3) is 0 Å². The summed E-state index contributed by atoms with van der Waals surface area (Å²) < 4.78 is 11.0. The molecule has 0 aliphatic carbocycles. The average Bonchev–Trinajstić information content (AvgIpc) is 2.49. The number of hydrogen-bond acceptors (Lipinski definition) is 5. The molecule has 1 heterocycles. The van der Waals surface area contributed by atoms with Gasteiger partial charge in [0, 0.05) is 24.0 Å². The number of hydrogen-bond donors (Lipinski definition) is 1. The lowest BCUT2D eigenvalue weighted by Gasteiger charge is -2.09. The summed E-state index contributed by atoms with van der Waals surface area (Å²) in [6.07, 6.45) is 1.80. The van der Waals surface area contributed by atoms with Crippen LogP contribution in [0.25, 0.3) is 0 Å². The van der Waals surface area contributed by atoms with E-state index in [0.717, 1.165) is 30.1 Å². The maximum atomic E-state index is 5.65. The van der Waals surface area contributed by atoms with E-state index in [0.29, 0.717) is 18.4 Å². The molecule has 0 aliphatic rings. The van der Waals surface area contributed by atoms with Gasteiger partial charge in [0.15, 0.2) is 0 Å². The van der Waals surface area contributed by atoms with Gasteiger partial charge >= 0.3 is 6.01 Å². The predicted molar refractivity (Wildman–Crippen MR) is 81.8 cm³/mol. The largest absolute Gasteiger partial charge is 0.494 e. The zero-order valence-electron chi connectivity index (χ0n) is 12.7. The van der Waals surface area contributed by atoms with Crippen LogP contribution < -0.4 is 14.8 Å². The topological polar surface area (TPSA) is 56.3 Å². The Morgan fingerprint density at radius 1 is 1.10 bits per heavy atom. The second-order valence-corrected chi connectivity index (χ2v) is 4.55. The van der Waals surface area contributed by atoms with Gasteiger partial charge in [0.1, 0.15) is 11.5 Å². The van der Waals surface area contributed by atoms with Crippen LogP contribution >= 0.6 is 0 Å². The van der Waals surface area contributed by atoms with Crippen LogP contribution in [0.4, 0.5) is 0 Å². The number of rotatable bonds is 7. The highest BCUT2D eigenvalue weighted by molar-refractivity contribution is 5.33. The van der Waals surface area contributed by atoms with Crippen molar-refractivity contribution in [2.24, 2.45) is 0 Å². The van der Waals surface area contributed by atoms with E-state index in [1.165, 1.54) is 0 Å². The lowest BCUT2D eigenvalue weighted by Crippen LogP contribution is -2.13. The Balaban J connectivity index is 2.03. The summed E-state index contributed by atoms with van der Waals surface area (Å²) in [5.74, 6) is 1.51. The second-order valence-electron chi connectivity index (χ2n) is 4.55. The smallest absolute Gasteiger partial charge is 0.322 e. The van der Waals surface area contributed by atoms with Gasteiger partial charge in [0.05, 0.1) is 6.61 Å². The predicted octanol–water partition coefficient (Wildman–Crippen LogP) is 3.09. The molecule has 21 heavy (non-hydrogen) atoms. The molecule has 0 saturated carbocycles. The average molecular weight is 287 g/mol. The molecule has 112 valence electrons. The minimum atomic E-state index is 0.358. The minimum Gasteiger partial charge on any atom is -0.494 e. The van der Waals surface area contributed by atoms with Crippen LogP contribution in [-0.4, -0.2) is 23.1 Å². The number of benzene rings is 1. The SMILES string of the molecule is CCNCc1cnc(Oc2ccc(OCC)cc2)nc1C. The summed E-state index contributed by atoms with van der Waals surface area (Å²) >= 11 is 0. The Bertz CT molecular complexity index is 570. The standard InChI is InChI=1S/C16H21N3O2/c1-4-17-10-13-11-18-16(19-12(13)3)21-15-8-6-14(7-9-15)20-5-2/h6-9,11,17H,4-5,10H2,1-3H3. The second kappa shape index (κ2) is 7.59. The van der Waals surface area contributed by atoms with Crippen LogP contribution in [0.1, 0.15) is 25.1 Å². The van der Waals surface area contributed by atoms with E-state index < -0.39 is 0 Å². The van der Waals surface area contributed by atoms with E-state index in [2.05, 4.69) is 22.2 Å². The van der Waals surface area contributed by atoms with E-state index in [1.807, 2.05) is 38.1 Å². The quantitative estimate of drug-likeness (QED) is 0.848. The van der Waals surface area contributed by atoms with Crippen LogP contribution in [0.15, 0.2) is 30.5 Å². The van der Waals surface area contributed by atoms with Gasteiger partial charge in [0.2, 0.25) is 0 Å². The first-order valence-corrected chi connectivity index (χ1v) is 7.16. The van der Waals surface area contributed by atoms with Crippen molar-refractivity contribution >= 4 is 0 Å². The van der Waals surface area contributed by atoms with Crippen molar-refractivity contribution < 1.29 is 9.47 Å². The third-order valence-electron chi connectivity index (χ3n) is 2.97. The summed E-state index contributed by atoms with van der Waals surface area (Å²) in [7, 11) is 0. The molecule has 0 bridgehead atoms. The van der Waals surface area contributed by atoms with Gasteiger partial charge in [-0.2, -0.15) is 4.98 Å². The van der Waals surface area contributed by atoms with Gasteiger partial charge in [-0.25, -0.2) is 4.98 Å². The molecule has 0 amide bonds. The number of nitrogens with one attached hydrogen (secondary N) is 1. The molecule has 0 atom stereocenters. The Kier molecular flexibility index (Phi) is 5.51. The maximum Gasteiger partial charge on any atom is 0.322 e. The Morgan fingerprint density at radius 3 is 2.43 bits per heavy atom. The fourth-order valence-electron chi connectivity index (χ4n) is 1.83. The first-order chi connectivity index (χ1) is 10.2. The molecule has 1 N–H and O–H groups in total. The van der Waals surface area contributed by atoms with Crippen LogP contribution in [0.3, 0.4) is 0 Å². The highest BCUT2D eigenvalue weighted by Gasteiger charge is 2.05. The van der Waals surface area contributed by atoms with Crippen molar-refractivity contribution in [3.8, 4) is 17.5 Å². The van der Waals surface area contributed by atoms with Crippen molar-refractivity contribution in [1.29, 1.82) is 0 Å². The fourth-order valence-corrected chi connectivity index (χ4v) is 1.83. The molecule has 0 radical (unpaired) electrons. The molecule has 2 aromatic rings. The number of aryl methyl sites for hydroxylation is 1. The molecule has 0 fully saturated rings. The molecule has 2 rings (SSSR count). The monoisotopic (exact) mass is 287 g/mol. The lowest BCUT2D eigenvalue weighted by atomic mass is 10.2. The Labute approximate surface area is 125 Å². The normalized spacial score (nSPS) is 10.4. The number of nitrogens with zero attached hydrogens (tertiary/aromatic N) is 2. The number of aromatic nitrogens is 2. The molecule has 5 heteroatoms.